The van der Waals surface area contributed by atoms with Crippen LogP contribution in [0.2, 0.25) is 0 Å². The van der Waals surface area contributed by atoms with Crippen LogP contribution in [0, 0.1) is 11.3 Å². The molecule has 8 aromatic rings. The maximum absolute atomic E-state index is 11.9. The van der Waals surface area contributed by atoms with Gasteiger partial charge in [-0.1, -0.05) is 115 Å². The second-order valence-electron chi connectivity index (χ2n) is 13.5. The van der Waals surface area contributed by atoms with Crippen LogP contribution in [0.3, 0.4) is 0 Å². The van der Waals surface area contributed by atoms with E-state index in [9.17, 15) is 15.2 Å². The predicted octanol–water partition coefficient (Wildman–Crippen LogP) is 13.2. The van der Waals surface area contributed by atoms with Crippen molar-refractivity contribution in [3.63, 3.8) is 0 Å². The molecule has 0 amide bonds. The summed E-state index contributed by atoms with van der Waals surface area (Å²) in [5, 5.41) is 19.3. The number of carbonyl (C=O) groups is 1. The predicted molar refractivity (Wildman–Crippen MR) is 237 cm³/mol. The van der Waals surface area contributed by atoms with Gasteiger partial charge in [0.2, 0.25) is 0 Å². The number of para-hydroxylation sites is 4. The molecule has 0 saturated carbocycles. The van der Waals surface area contributed by atoms with Gasteiger partial charge < -0.3 is 19.5 Å². The van der Waals surface area contributed by atoms with Crippen LogP contribution in [0.1, 0.15) is 17.0 Å². The Morgan fingerprint density at radius 2 is 0.845 bits per heavy atom. The molecule has 1 heterocycles. The van der Waals surface area contributed by atoms with Gasteiger partial charge in [0, 0.05) is 51.2 Å². The Morgan fingerprint density at radius 3 is 1.26 bits per heavy atom. The Hall–Kier alpha value is -8.14. The van der Waals surface area contributed by atoms with E-state index in [1.54, 1.807) is 0 Å². The molecule has 278 valence electrons. The SMILES string of the molecule is N#C/C(=C\c1ccc(/C=C\c2ccc(N(c3ccccc3)c3ccccc3)cc2)n1-c1ccc(-c2ccc(N(c3ccccc3)c3ccccc3)cc2)cc1)C(=O)O. The molecule has 0 saturated heterocycles. The summed E-state index contributed by atoms with van der Waals surface area (Å²) in [7, 11) is 0. The highest BCUT2D eigenvalue weighted by molar-refractivity contribution is 5.96. The number of carboxylic acids is 1. The van der Waals surface area contributed by atoms with E-state index in [-0.39, 0.29) is 5.57 Å². The lowest BCUT2D eigenvalue weighted by Gasteiger charge is -2.25. The number of benzene rings is 7. The maximum atomic E-state index is 11.9. The van der Waals surface area contributed by atoms with Crippen LogP contribution in [0.25, 0.3) is 35.0 Å². The lowest BCUT2D eigenvalue weighted by molar-refractivity contribution is -0.132. The first-order valence-electron chi connectivity index (χ1n) is 18.9. The van der Waals surface area contributed by atoms with E-state index in [4.69, 9.17) is 0 Å². The highest BCUT2D eigenvalue weighted by atomic mass is 16.4. The molecule has 1 aromatic heterocycles. The largest absolute Gasteiger partial charge is 0.477 e. The molecule has 0 aliphatic carbocycles. The minimum absolute atomic E-state index is 0.344. The Kier molecular flexibility index (Phi) is 10.9. The second kappa shape index (κ2) is 17.1. The molecule has 0 bridgehead atoms. The smallest absolute Gasteiger partial charge is 0.346 e. The van der Waals surface area contributed by atoms with Crippen LogP contribution in [-0.4, -0.2) is 15.6 Å². The lowest BCUT2D eigenvalue weighted by Crippen LogP contribution is -2.09. The fourth-order valence-electron chi connectivity index (χ4n) is 7.02. The Morgan fingerprint density at radius 1 is 0.466 bits per heavy atom. The lowest BCUT2D eigenvalue weighted by atomic mass is 10.0. The van der Waals surface area contributed by atoms with Gasteiger partial charge >= 0.3 is 5.97 Å². The number of carboxylic acid groups (broad SMARTS) is 1. The van der Waals surface area contributed by atoms with E-state index in [0.717, 1.165) is 62.2 Å². The molecule has 0 radical (unpaired) electrons. The van der Waals surface area contributed by atoms with Crippen LogP contribution >= 0.6 is 0 Å². The van der Waals surface area contributed by atoms with Crippen LogP contribution in [0.15, 0.2) is 212 Å². The van der Waals surface area contributed by atoms with E-state index in [1.807, 2.05) is 120 Å². The van der Waals surface area contributed by atoms with Crippen molar-refractivity contribution in [3.8, 4) is 22.9 Å². The molecule has 1 N–H and O–H groups in total. The third-order valence-electron chi connectivity index (χ3n) is 9.82. The number of aliphatic carboxylic acids is 1. The van der Waals surface area contributed by atoms with E-state index in [0.29, 0.717) is 5.69 Å². The summed E-state index contributed by atoms with van der Waals surface area (Å²) in [5.74, 6) is -1.27. The van der Waals surface area contributed by atoms with Gasteiger partial charge in [-0.25, -0.2) is 4.79 Å². The van der Waals surface area contributed by atoms with Crippen molar-refractivity contribution >= 4 is 58.3 Å². The molecule has 0 aliphatic rings. The molecular formula is C52H38N4O2. The minimum Gasteiger partial charge on any atom is -0.477 e. The molecule has 6 nitrogen and oxygen atoms in total. The summed E-state index contributed by atoms with van der Waals surface area (Å²) in [6, 6.07) is 71.8. The van der Waals surface area contributed by atoms with E-state index < -0.39 is 5.97 Å². The Labute approximate surface area is 338 Å². The molecular weight excluding hydrogens is 713 g/mol. The van der Waals surface area contributed by atoms with Gasteiger partial charge in [0.15, 0.2) is 0 Å². The summed E-state index contributed by atoms with van der Waals surface area (Å²) < 4.78 is 1.96. The fourth-order valence-corrected chi connectivity index (χ4v) is 7.02. The topological polar surface area (TPSA) is 72.5 Å². The summed E-state index contributed by atoms with van der Waals surface area (Å²) in [5.41, 5.74) is 11.3. The zero-order valence-electron chi connectivity index (χ0n) is 31.5. The minimum atomic E-state index is -1.27. The van der Waals surface area contributed by atoms with Gasteiger partial charge in [0.25, 0.3) is 0 Å². The normalized spacial score (nSPS) is 11.3. The number of nitrogens with zero attached hydrogens (tertiary/aromatic N) is 4. The van der Waals surface area contributed by atoms with Gasteiger partial charge in [-0.15, -0.1) is 0 Å². The molecule has 0 fully saturated rings. The second-order valence-corrected chi connectivity index (χ2v) is 13.5. The molecule has 0 unspecified atom stereocenters. The quantitative estimate of drug-likeness (QED) is 0.0994. The average Bonchev–Trinajstić information content (AvgIpc) is 3.69. The molecule has 0 aliphatic heterocycles. The van der Waals surface area contributed by atoms with Crippen LogP contribution < -0.4 is 9.80 Å². The van der Waals surface area contributed by atoms with Crippen molar-refractivity contribution in [1.29, 1.82) is 5.26 Å². The zero-order valence-corrected chi connectivity index (χ0v) is 31.5. The van der Waals surface area contributed by atoms with E-state index in [1.165, 1.54) is 6.08 Å². The first-order valence-corrected chi connectivity index (χ1v) is 18.9. The highest BCUT2D eigenvalue weighted by Gasteiger charge is 2.15. The van der Waals surface area contributed by atoms with Crippen LogP contribution in [-0.2, 0) is 4.79 Å². The molecule has 7 aromatic carbocycles. The number of nitriles is 1. The Bertz CT molecular complexity index is 2640. The number of rotatable bonds is 12. The van der Waals surface area contributed by atoms with E-state index >= 15 is 0 Å². The number of hydrogen-bond donors (Lipinski definition) is 1. The van der Waals surface area contributed by atoms with Crippen molar-refractivity contribution in [2.75, 3.05) is 9.80 Å². The third-order valence-corrected chi connectivity index (χ3v) is 9.82. The highest BCUT2D eigenvalue weighted by Crippen LogP contribution is 2.37. The fraction of sp³-hybridized carbons (Fsp3) is 0. The molecule has 0 atom stereocenters. The molecule has 58 heavy (non-hydrogen) atoms. The first-order chi connectivity index (χ1) is 28.6. The first kappa shape index (κ1) is 36.8. The number of anilines is 6. The number of aromatic nitrogens is 1. The van der Waals surface area contributed by atoms with Gasteiger partial charge in [-0.05, 0) is 126 Å². The summed E-state index contributed by atoms with van der Waals surface area (Å²) >= 11 is 0. The van der Waals surface area contributed by atoms with Crippen molar-refractivity contribution in [2.24, 2.45) is 0 Å². The standard InChI is InChI=1S/C52H38N4O2/c53-38-42(52(57)58)37-51-36-35-48(30-23-39-21-28-47(29-22-39)54(43-13-5-1-6-14-43)44-15-7-2-8-16-44)56(51)50-33-26-41(27-34-50)40-24-31-49(32-25-40)55(45-17-9-3-10-18-45)46-19-11-4-12-20-46/h1-37H,(H,57,58)/b30-23-,42-37+. The average molecular weight is 751 g/mol. The van der Waals surface area contributed by atoms with E-state index in [2.05, 4.69) is 119 Å². The van der Waals surface area contributed by atoms with Crippen LogP contribution in [0.5, 0.6) is 0 Å². The Balaban J connectivity index is 1.09. The van der Waals surface area contributed by atoms with Crippen molar-refractivity contribution in [2.45, 2.75) is 0 Å². The number of hydrogen-bond acceptors (Lipinski definition) is 4. The van der Waals surface area contributed by atoms with Crippen LogP contribution in [0.4, 0.5) is 34.1 Å². The van der Waals surface area contributed by atoms with Crippen molar-refractivity contribution in [3.05, 3.63) is 229 Å². The molecule has 6 heteroatoms. The summed E-state index contributed by atoms with van der Waals surface area (Å²) in [4.78, 5) is 16.3. The monoisotopic (exact) mass is 750 g/mol. The molecule has 0 spiro atoms. The third kappa shape index (κ3) is 8.11. The van der Waals surface area contributed by atoms with Crippen molar-refractivity contribution in [1.82, 2.24) is 4.57 Å². The molecule has 8 rings (SSSR count). The van der Waals surface area contributed by atoms with Gasteiger partial charge in [-0.3, -0.25) is 0 Å². The van der Waals surface area contributed by atoms with Gasteiger partial charge in [0.05, 0.1) is 0 Å². The van der Waals surface area contributed by atoms with Gasteiger partial charge in [0.1, 0.15) is 11.6 Å². The maximum Gasteiger partial charge on any atom is 0.346 e. The van der Waals surface area contributed by atoms with Crippen molar-refractivity contribution < 1.29 is 9.90 Å². The zero-order chi connectivity index (χ0) is 39.7. The van der Waals surface area contributed by atoms with Gasteiger partial charge in [-0.2, -0.15) is 5.26 Å². The summed E-state index contributed by atoms with van der Waals surface area (Å²) in [6.07, 6.45) is 5.45. The summed E-state index contributed by atoms with van der Waals surface area (Å²) in [6.45, 7) is 0.